The largest absolute Gasteiger partial charge is 0.353 e. The molecule has 156 valence electrons. The smallest absolute Gasteiger partial charge is 0.223 e. The Morgan fingerprint density at radius 1 is 1.14 bits per heavy atom. The van der Waals surface area contributed by atoms with Crippen LogP contribution in [0.15, 0.2) is 24.5 Å². The monoisotopic (exact) mass is 406 g/mol. The fourth-order valence-corrected chi connectivity index (χ4v) is 5.61. The number of carbonyl (C=O) groups excluding carboxylic acids is 1. The molecule has 1 saturated heterocycles. The minimum Gasteiger partial charge on any atom is -0.353 e. The van der Waals surface area contributed by atoms with E-state index in [-0.39, 0.29) is 18.3 Å². The summed E-state index contributed by atoms with van der Waals surface area (Å²) in [6, 6.07) is 5.27. The van der Waals surface area contributed by atoms with Gasteiger partial charge in [0.1, 0.15) is 0 Å². The van der Waals surface area contributed by atoms with E-state index < -0.39 is 0 Å². The number of carbonyl (C=O) groups is 1. The molecule has 2 bridgehead atoms. The zero-order valence-electron chi connectivity index (χ0n) is 16.9. The zero-order chi connectivity index (χ0) is 18.8. The highest BCUT2D eigenvalue weighted by Gasteiger charge is 2.41. The van der Waals surface area contributed by atoms with Crippen molar-refractivity contribution in [1.29, 1.82) is 0 Å². The van der Waals surface area contributed by atoms with E-state index in [1.807, 2.05) is 12.4 Å². The number of halogens is 1. The Labute approximate surface area is 175 Å². The maximum Gasteiger partial charge on any atom is 0.223 e. The fourth-order valence-electron chi connectivity index (χ4n) is 5.61. The van der Waals surface area contributed by atoms with Gasteiger partial charge in [0.25, 0.3) is 0 Å². The molecule has 5 nitrogen and oxygen atoms in total. The zero-order valence-corrected chi connectivity index (χ0v) is 17.7. The minimum atomic E-state index is 0. The van der Waals surface area contributed by atoms with Gasteiger partial charge in [0.05, 0.1) is 0 Å². The van der Waals surface area contributed by atoms with Crippen LogP contribution in [0.5, 0.6) is 0 Å². The third-order valence-corrected chi connectivity index (χ3v) is 7.40. The van der Waals surface area contributed by atoms with E-state index >= 15 is 0 Å². The number of hydrogen-bond acceptors (Lipinski definition) is 4. The number of piperidine rings is 1. The Kier molecular flexibility index (Phi) is 7.35. The molecule has 6 heteroatoms. The van der Waals surface area contributed by atoms with E-state index in [1.165, 1.54) is 24.8 Å². The first-order valence-electron chi connectivity index (χ1n) is 10.8. The molecule has 3 N–H and O–H groups in total. The summed E-state index contributed by atoms with van der Waals surface area (Å²) in [5.41, 5.74) is 7.70. The van der Waals surface area contributed by atoms with Gasteiger partial charge in [0, 0.05) is 49.5 Å². The van der Waals surface area contributed by atoms with Crippen LogP contribution in [-0.2, 0) is 4.79 Å². The van der Waals surface area contributed by atoms with Crippen molar-refractivity contribution in [2.24, 2.45) is 23.5 Å². The predicted octanol–water partition coefficient (Wildman–Crippen LogP) is 3.30. The van der Waals surface area contributed by atoms with Crippen molar-refractivity contribution in [1.82, 2.24) is 15.2 Å². The van der Waals surface area contributed by atoms with Gasteiger partial charge in [0.15, 0.2) is 0 Å². The Morgan fingerprint density at radius 2 is 1.75 bits per heavy atom. The molecule has 2 aliphatic carbocycles. The second-order valence-electron chi connectivity index (χ2n) is 8.97. The van der Waals surface area contributed by atoms with Gasteiger partial charge in [-0.1, -0.05) is 6.42 Å². The number of nitrogens with two attached hydrogens (primary N) is 1. The number of amides is 1. The average Bonchev–Trinajstić information content (AvgIpc) is 2.68. The number of nitrogens with zero attached hydrogens (tertiary/aromatic N) is 2. The quantitative estimate of drug-likeness (QED) is 0.804. The lowest BCUT2D eigenvalue weighted by molar-refractivity contribution is -0.129. The van der Waals surface area contributed by atoms with E-state index in [1.54, 1.807) is 0 Å². The standard InChI is InChI=1S/C22H34N4O.ClH/c1-15(16-5-9-24-10-6-16)26-11-7-20(8-12-26)25-22(27)19-13-17-3-2-4-18(14-19)21(17)23;/h5-6,9-10,15,17-21H,2-4,7-8,11-14,23H2,1H3,(H,25,27);1H. The van der Waals surface area contributed by atoms with E-state index in [2.05, 4.69) is 34.3 Å². The first kappa shape index (κ1) is 21.5. The summed E-state index contributed by atoms with van der Waals surface area (Å²) in [6.07, 6.45) is 11.5. The van der Waals surface area contributed by atoms with Crippen molar-refractivity contribution in [3.63, 3.8) is 0 Å². The lowest BCUT2D eigenvalue weighted by atomic mass is 9.65. The number of fused-ring (bicyclic) bond motifs is 2. The second kappa shape index (κ2) is 9.55. The summed E-state index contributed by atoms with van der Waals surface area (Å²) in [5, 5.41) is 3.38. The summed E-state index contributed by atoms with van der Waals surface area (Å²) >= 11 is 0. The Balaban J connectivity index is 0.00000225. The van der Waals surface area contributed by atoms with Crippen LogP contribution in [0.3, 0.4) is 0 Å². The van der Waals surface area contributed by atoms with Crippen molar-refractivity contribution in [3.05, 3.63) is 30.1 Å². The van der Waals surface area contributed by atoms with Crippen LogP contribution >= 0.6 is 12.4 Å². The molecule has 1 amide bonds. The summed E-state index contributed by atoms with van der Waals surface area (Å²) < 4.78 is 0. The van der Waals surface area contributed by atoms with Crippen molar-refractivity contribution >= 4 is 18.3 Å². The SMILES string of the molecule is CC(c1ccncc1)N1CCC(NC(=O)C2CC3CCCC(C2)C3N)CC1.Cl. The predicted molar refractivity (Wildman–Crippen MR) is 114 cm³/mol. The molecule has 3 atom stereocenters. The molecule has 4 rings (SSSR count). The van der Waals surface area contributed by atoms with Crippen LogP contribution < -0.4 is 11.1 Å². The molecule has 1 aromatic rings. The molecular formula is C22H35ClN4O. The molecule has 1 aromatic heterocycles. The molecule has 0 spiro atoms. The Bertz CT molecular complexity index is 621. The lowest BCUT2D eigenvalue weighted by Crippen LogP contribution is -2.51. The fraction of sp³-hybridized carbons (Fsp3) is 0.727. The number of aromatic nitrogens is 1. The molecule has 2 saturated carbocycles. The number of nitrogens with one attached hydrogen (secondary N) is 1. The van der Waals surface area contributed by atoms with Gasteiger partial charge < -0.3 is 11.1 Å². The normalized spacial score (nSPS) is 32.2. The van der Waals surface area contributed by atoms with Crippen molar-refractivity contribution in [2.75, 3.05) is 13.1 Å². The van der Waals surface area contributed by atoms with Crippen LogP contribution in [-0.4, -0.2) is 41.0 Å². The van der Waals surface area contributed by atoms with Gasteiger partial charge in [-0.05, 0) is 75.0 Å². The van der Waals surface area contributed by atoms with Crippen LogP contribution in [0.2, 0.25) is 0 Å². The Morgan fingerprint density at radius 3 is 2.36 bits per heavy atom. The van der Waals surface area contributed by atoms with Crippen LogP contribution in [0.1, 0.15) is 63.5 Å². The van der Waals surface area contributed by atoms with Crippen LogP contribution in [0.4, 0.5) is 0 Å². The van der Waals surface area contributed by atoms with Gasteiger partial charge in [-0.3, -0.25) is 14.7 Å². The second-order valence-corrected chi connectivity index (χ2v) is 8.97. The van der Waals surface area contributed by atoms with E-state index in [4.69, 9.17) is 5.73 Å². The average molecular weight is 407 g/mol. The molecule has 2 heterocycles. The van der Waals surface area contributed by atoms with Crippen molar-refractivity contribution in [2.45, 2.75) is 70.0 Å². The van der Waals surface area contributed by atoms with Crippen molar-refractivity contribution in [3.8, 4) is 0 Å². The summed E-state index contributed by atoms with van der Waals surface area (Å²) in [4.78, 5) is 19.5. The first-order chi connectivity index (χ1) is 13.1. The van der Waals surface area contributed by atoms with Gasteiger partial charge in [-0.15, -0.1) is 12.4 Å². The number of pyridine rings is 1. The minimum absolute atomic E-state index is 0. The highest BCUT2D eigenvalue weighted by atomic mass is 35.5. The molecule has 1 aliphatic heterocycles. The molecule has 0 aromatic carbocycles. The van der Waals surface area contributed by atoms with Crippen LogP contribution in [0, 0.1) is 17.8 Å². The molecule has 28 heavy (non-hydrogen) atoms. The topological polar surface area (TPSA) is 71.2 Å². The van der Waals surface area contributed by atoms with E-state index in [9.17, 15) is 4.79 Å². The number of likely N-dealkylation sites (tertiary alicyclic amines) is 1. The summed E-state index contributed by atoms with van der Waals surface area (Å²) in [5.74, 6) is 1.61. The van der Waals surface area contributed by atoms with Crippen molar-refractivity contribution < 1.29 is 4.79 Å². The number of rotatable bonds is 4. The molecule has 0 radical (unpaired) electrons. The van der Waals surface area contributed by atoms with Gasteiger partial charge in [-0.25, -0.2) is 0 Å². The van der Waals surface area contributed by atoms with E-state index in [0.717, 1.165) is 38.8 Å². The Hall–Kier alpha value is -1.17. The molecular weight excluding hydrogens is 372 g/mol. The maximum absolute atomic E-state index is 12.9. The third kappa shape index (κ3) is 4.69. The third-order valence-electron chi connectivity index (χ3n) is 7.40. The summed E-state index contributed by atoms with van der Waals surface area (Å²) in [6.45, 7) is 4.34. The summed E-state index contributed by atoms with van der Waals surface area (Å²) in [7, 11) is 0. The maximum atomic E-state index is 12.9. The molecule has 3 unspecified atom stereocenters. The lowest BCUT2D eigenvalue weighted by Gasteiger charge is -2.44. The molecule has 3 fully saturated rings. The highest BCUT2D eigenvalue weighted by molar-refractivity contribution is 5.85. The van der Waals surface area contributed by atoms with Gasteiger partial charge >= 0.3 is 0 Å². The molecule has 3 aliphatic rings. The van der Waals surface area contributed by atoms with Gasteiger partial charge in [0.2, 0.25) is 5.91 Å². The van der Waals surface area contributed by atoms with Crippen LogP contribution in [0.25, 0.3) is 0 Å². The highest BCUT2D eigenvalue weighted by Crippen LogP contribution is 2.42. The first-order valence-corrected chi connectivity index (χ1v) is 10.8. The van der Waals surface area contributed by atoms with Gasteiger partial charge in [-0.2, -0.15) is 0 Å². The van der Waals surface area contributed by atoms with E-state index in [0.29, 0.717) is 35.9 Å². The number of hydrogen-bond donors (Lipinski definition) is 2.